The molecular formula is C42H65O2. The van der Waals surface area contributed by atoms with Crippen LogP contribution < -0.4 is 0 Å². The first-order valence-corrected chi connectivity index (χ1v) is 16.5. The molecule has 0 fully saturated rings. The maximum atomic E-state index is 6.49. The molecule has 0 spiro atoms. The molecule has 1 radical (unpaired) electrons. The highest BCUT2D eigenvalue weighted by molar-refractivity contribution is 5.27. The van der Waals surface area contributed by atoms with E-state index in [9.17, 15) is 0 Å². The fourth-order valence-electron chi connectivity index (χ4n) is 7.81. The molecular weight excluding hydrogens is 536 g/mol. The Hall–Kier alpha value is -2.42. The van der Waals surface area contributed by atoms with Gasteiger partial charge in [0.25, 0.3) is 0 Å². The second-order valence-corrected chi connectivity index (χ2v) is 15.6. The Morgan fingerprint density at radius 1 is 0.432 bits per heavy atom. The second-order valence-electron chi connectivity index (χ2n) is 15.6. The van der Waals surface area contributed by atoms with E-state index in [1.165, 1.54) is 17.0 Å². The summed E-state index contributed by atoms with van der Waals surface area (Å²) in [5, 5.41) is 0. The lowest BCUT2D eigenvalue weighted by Crippen LogP contribution is -2.52. The van der Waals surface area contributed by atoms with Crippen LogP contribution in [0.4, 0.5) is 0 Å². The largest absolute Gasteiger partial charge is 0.230 e. The monoisotopic (exact) mass is 601 g/mol. The molecule has 3 aromatic carbocycles. The minimum atomic E-state index is -0.483. The predicted octanol–water partition coefficient (Wildman–Crippen LogP) is 12.3. The zero-order valence-electron chi connectivity index (χ0n) is 30.9. The number of hydrogen-bond acceptors (Lipinski definition) is 2. The Bertz CT molecular complexity index is 1040. The van der Waals surface area contributed by atoms with Crippen LogP contribution in [0, 0.1) is 29.6 Å². The first-order chi connectivity index (χ1) is 20.3. The lowest BCUT2D eigenvalue weighted by molar-refractivity contribution is -0.426. The van der Waals surface area contributed by atoms with Crippen LogP contribution in [0.15, 0.2) is 97.1 Å². The van der Waals surface area contributed by atoms with Gasteiger partial charge in [-0.25, -0.2) is 9.78 Å². The molecule has 2 heteroatoms. The van der Waals surface area contributed by atoms with Gasteiger partial charge in [0.1, 0.15) is 11.2 Å². The van der Waals surface area contributed by atoms with Gasteiger partial charge in [-0.1, -0.05) is 173 Å². The van der Waals surface area contributed by atoms with E-state index in [1.54, 1.807) is 0 Å². The SMILES string of the molecule is CC(C)C(C(C)(C)OOC(C)(C)C(C(C)C)C(C)(C)c1ccccc1)C(C)(C)c1ccccc1.C[C](C)C.c1ccccc1. The normalized spacial score (nSPS) is 14.0. The third kappa shape index (κ3) is 11.8. The smallest absolute Gasteiger partial charge is 0.102 e. The fraction of sp³-hybridized carbons (Fsp3) is 0.548. The minimum absolute atomic E-state index is 0.0762. The van der Waals surface area contributed by atoms with E-state index in [1.807, 2.05) is 36.4 Å². The molecule has 0 amide bonds. The molecule has 44 heavy (non-hydrogen) atoms. The van der Waals surface area contributed by atoms with Gasteiger partial charge in [0.15, 0.2) is 0 Å². The van der Waals surface area contributed by atoms with Crippen molar-refractivity contribution in [3.05, 3.63) is 114 Å². The molecule has 2 unspecified atom stereocenters. The van der Waals surface area contributed by atoms with E-state index < -0.39 is 11.2 Å². The zero-order chi connectivity index (χ0) is 33.8. The second kappa shape index (κ2) is 17.3. The highest BCUT2D eigenvalue weighted by atomic mass is 17.2. The number of rotatable bonds is 11. The van der Waals surface area contributed by atoms with Crippen LogP contribution in [-0.4, -0.2) is 11.2 Å². The van der Waals surface area contributed by atoms with Crippen molar-refractivity contribution in [3.8, 4) is 0 Å². The van der Waals surface area contributed by atoms with Gasteiger partial charge in [0, 0.05) is 11.8 Å². The summed E-state index contributed by atoms with van der Waals surface area (Å²) < 4.78 is 0. The van der Waals surface area contributed by atoms with E-state index in [4.69, 9.17) is 9.78 Å². The van der Waals surface area contributed by atoms with Gasteiger partial charge in [0.2, 0.25) is 0 Å². The summed E-state index contributed by atoms with van der Waals surface area (Å²) in [4.78, 5) is 13.0. The average Bonchev–Trinajstić information content (AvgIpc) is 2.93. The van der Waals surface area contributed by atoms with Crippen molar-refractivity contribution in [3.63, 3.8) is 0 Å². The van der Waals surface area contributed by atoms with Crippen LogP contribution in [0.1, 0.15) is 115 Å². The summed E-state index contributed by atoms with van der Waals surface area (Å²) >= 11 is 0. The molecule has 0 saturated heterocycles. The number of hydrogen-bond donors (Lipinski definition) is 0. The number of benzene rings is 3. The maximum absolute atomic E-state index is 6.49. The topological polar surface area (TPSA) is 18.5 Å². The van der Waals surface area contributed by atoms with Gasteiger partial charge in [-0.05, 0) is 67.4 Å². The first kappa shape index (κ1) is 39.6. The van der Waals surface area contributed by atoms with Crippen molar-refractivity contribution in [2.45, 2.75) is 126 Å². The van der Waals surface area contributed by atoms with Crippen LogP contribution in [0.3, 0.4) is 0 Å². The van der Waals surface area contributed by atoms with Crippen LogP contribution in [0.2, 0.25) is 0 Å². The molecule has 0 saturated carbocycles. The molecule has 3 aromatic rings. The van der Waals surface area contributed by atoms with Crippen LogP contribution in [0.5, 0.6) is 0 Å². The van der Waals surface area contributed by atoms with Crippen molar-refractivity contribution >= 4 is 0 Å². The molecule has 0 aliphatic rings. The molecule has 0 aliphatic heterocycles. The zero-order valence-corrected chi connectivity index (χ0v) is 30.9. The van der Waals surface area contributed by atoms with E-state index in [0.29, 0.717) is 11.8 Å². The quantitative estimate of drug-likeness (QED) is 0.161. The van der Waals surface area contributed by atoms with Crippen molar-refractivity contribution in [2.75, 3.05) is 0 Å². The van der Waals surface area contributed by atoms with Crippen molar-refractivity contribution in [1.82, 2.24) is 0 Å². The van der Waals surface area contributed by atoms with E-state index in [-0.39, 0.29) is 22.7 Å². The maximum Gasteiger partial charge on any atom is 0.102 e. The van der Waals surface area contributed by atoms with Crippen LogP contribution in [-0.2, 0) is 20.6 Å². The Morgan fingerprint density at radius 3 is 0.841 bits per heavy atom. The summed E-state index contributed by atoms with van der Waals surface area (Å²) in [5.74, 6) is 2.74. The highest BCUT2D eigenvalue weighted by Gasteiger charge is 2.49. The molecule has 3 rings (SSSR count). The van der Waals surface area contributed by atoms with Gasteiger partial charge in [0.05, 0.1) is 0 Å². The van der Waals surface area contributed by atoms with Crippen LogP contribution >= 0.6 is 0 Å². The predicted molar refractivity (Wildman–Crippen MR) is 193 cm³/mol. The van der Waals surface area contributed by atoms with Gasteiger partial charge in [-0.15, -0.1) is 0 Å². The minimum Gasteiger partial charge on any atom is -0.230 e. The first-order valence-electron chi connectivity index (χ1n) is 16.5. The van der Waals surface area contributed by atoms with Crippen molar-refractivity contribution < 1.29 is 9.78 Å². The standard InChI is InChI=1S/C32H50O2.C6H6.C4H9/c1-23(2)27(29(5,6)25-19-15-13-16-20-25)31(9,10)33-34-32(11,12)28(24(3)4)30(7,8)26-21-17-14-18-22-26;1-2-4-6-5-3-1;1-4(2)3/h13-24,27-28H,1-12H3;1-6H;1-3H3. The third-order valence-corrected chi connectivity index (χ3v) is 8.56. The Labute approximate surface area is 272 Å². The van der Waals surface area contributed by atoms with E-state index in [0.717, 1.165) is 0 Å². The lowest BCUT2D eigenvalue weighted by Gasteiger charge is -2.50. The molecule has 0 bridgehead atoms. The molecule has 0 heterocycles. The molecule has 2 atom stereocenters. The van der Waals surface area contributed by atoms with Gasteiger partial charge >= 0.3 is 0 Å². The summed E-state index contributed by atoms with van der Waals surface area (Å²) in [7, 11) is 0. The summed E-state index contributed by atoms with van der Waals surface area (Å²) in [6.45, 7) is 33.5. The van der Waals surface area contributed by atoms with Crippen LogP contribution in [0.25, 0.3) is 0 Å². The third-order valence-electron chi connectivity index (χ3n) is 8.56. The highest BCUT2D eigenvalue weighted by Crippen LogP contribution is 2.47. The molecule has 0 aliphatic carbocycles. The van der Waals surface area contributed by atoms with Gasteiger partial charge in [-0.3, -0.25) is 0 Å². The van der Waals surface area contributed by atoms with Crippen molar-refractivity contribution in [2.24, 2.45) is 23.7 Å². The Balaban J connectivity index is 0.000000821. The van der Waals surface area contributed by atoms with E-state index in [2.05, 4.69) is 165 Å². The fourth-order valence-corrected chi connectivity index (χ4v) is 7.81. The Kier molecular flexibility index (Phi) is 15.6. The molecule has 0 N–H and O–H groups in total. The summed E-state index contributed by atoms with van der Waals surface area (Å²) in [5.41, 5.74) is 1.54. The molecule has 2 nitrogen and oxygen atoms in total. The van der Waals surface area contributed by atoms with E-state index >= 15 is 0 Å². The average molecular weight is 602 g/mol. The summed E-state index contributed by atoms with van der Waals surface area (Å²) in [6.07, 6.45) is 0. The van der Waals surface area contributed by atoms with Gasteiger partial charge in [-0.2, -0.15) is 0 Å². The molecule has 0 aromatic heterocycles. The lowest BCUT2D eigenvalue weighted by atomic mass is 9.62. The van der Waals surface area contributed by atoms with Crippen molar-refractivity contribution in [1.29, 1.82) is 0 Å². The summed E-state index contributed by atoms with van der Waals surface area (Å²) in [6, 6.07) is 33.6. The van der Waals surface area contributed by atoms with Gasteiger partial charge < -0.3 is 0 Å². The molecule has 245 valence electrons. The Morgan fingerprint density at radius 2 is 0.636 bits per heavy atom.